The lowest BCUT2D eigenvalue weighted by atomic mass is 9.87. The van der Waals surface area contributed by atoms with Gasteiger partial charge in [-0.2, -0.15) is 10.2 Å². The predicted molar refractivity (Wildman–Crippen MR) is 318 cm³/mol. The van der Waals surface area contributed by atoms with Gasteiger partial charge in [-0.15, -0.1) is 0 Å². The maximum atomic E-state index is 13.3. The Bertz CT molecular complexity index is 2510. The molecule has 0 spiro atoms. The summed E-state index contributed by atoms with van der Waals surface area (Å²) in [6.45, 7) is 14.4. The second kappa shape index (κ2) is 41.4. The molecule has 4 unspecified atom stereocenters. The zero-order chi connectivity index (χ0) is 59.9. The van der Waals surface area contributed by atoms with E-state index in [0.29, 0.717) is 119 Å². The number of aldehydes is 1. The first-order valence-corrected chi connectivity index (χ1v) is 30.0. The Kier molecular flexibility index (Phi) is 34.4. The highest BCUT2D eigenvalue weighted by atomic mass is 32.1. The molecule has 20 nitrogen and oxygen atoms in total. The van der Waals surface area contributed by atoms with Crippen molar-refractivity contribution in [2.45, 2.75) is 116 Å². The van der Waals surface area contributed by atoms with E-state index in [2.05, 4.69) is 61.2 Å². The van der Waals surface area contributed by atoms with E-state index in [1.54, 1.807) is 34.5 Å². The van der Waals surface area contributed by atoms with E-state index in [1.165, 1.54) is 68.3 Å². The number of alkyl halides is 1. The molecule has 2 aromatic carbocycles. The Morgan fingerprint density at radius 3 is 2.02 bits per heavy atom. The maximum absolute atomic E-state index is 13.3. The van der Waals surface area contributed by atoms with Gasteiger partial charge in [0.2, 0.25) is 18.7 Å². The van der Waals surface area contributed by atoms with Gasteiger partial charge in [0.1, 0.15) is 29.6 Å². The monoisotopic (exact) mass is 1170 g/mol. The van der Waals surface area contributed by atoms with Crippen LogP contribution in [0.1, 0.15) is 134 Å². The van der Waals surface area contributed by atoms with Crippen LogP contribution < -0.4 is 26.1 Å². The van der Waals surface area contributed by atoms with Gasteiger partial charge in [-0.1, -0.05) is 94.8 Å². The van der Waals surface area contributed by atoms with E-state index in [-0.39, 0.29) is 24.2 Å². The van der Waals surface area contributed by atoms with Gasteiger partial charge < -0.3 is 49.9 Å². The predicted octanol–water partition coefficient (Wildman–Crippen LogP) is 7.18. The molecule has 3 amide bonds. The molecule has 4 atom stereocenters. The first kappa shape index (κ1) is 68.9. The largest absolute Gasteiger partial charge is 0.491 e. The molecule has 5 aromatic rings. The zero-order valence-corrected chi connectivity index (χ0v) is 50.2. The number of nitrogens with one attached hydrogen (secondary N) is 3. The summed E-state index contributed by atoms with van der Waals surface area (Å²) >= 11 is 1.27. The van der Waals surface area contributed by atoms with Gasteiger partial charge in [0.15, 0.2) is 6.29 Å². The van der Waals surface area contributed by atoms with Crippen LogP contribution in [0.5, 0.6) is 5.75 Å². The molecular weight excluding hydrogens is 1080 g/mol. The van der Waals surface area contributed by atoms with Crippen molar-refractivity contribution in [2.75, 3.05) is 105 Å². The second-order valence-corrected chi connectivity index (χ2v) is 21.1. The molecule has 0 bridgehead atoms. The number of likely N-dealkylation sites (tertiary alicyclic amines) is 2. The van der Waals surface area contributed by atoms with Crippen molar-refractivity contribution in [1.82, 2.24) is 35.1 Å². The van der Waals surface area contributed by atoms with Crippen LogP contribution in [0.15, 0.2) is 72.4 Å². The standard InChI is InChI=1S/C21H28NO6S.C15H18N4O.C9H11FN2O.C9H18N2O.C6H12.CH3NO/c1-2-6-24-7-8-25-9-10-26-11-12-27-13-14-28-19-5-3-4-18(15-19)21(23)20-16-29-17-22-20;1-16-14-7-17-19(10-14)15(12-5-3-2-4-6-12)13-8-18(9-13)11-20;1-5-2-8-6(3-7(5)10)9(4-13)12-11-8;1-8(10-2)7-9(12)11-5-3-4-6-11;1-2-4-6-5-3-1;2-1-3/h3-5,15-16H,2,6-14H2,1H3;2-7,10-11,13,15-16H,8-9H2,1H3;4-5,7H,2-3H2,1H3,(H,11,12);8,10H,3-7H2,1-2H3;1-6H2;1H,(H2,2,3)/q+1;;;;;. The summed E-state index contributed by atoms with van der Waals surface area (Å²) < 4.78 is 42.5. The highest BCUT2D eigenvalue weighted by Crippen LogP contribution is 2.33. The van der Waals surface area contributed by atoms with Crippen molar-refractivity contribution < 1.29 is 57.0 Å². The molecule has 22 heteroatoms. The van der Waals surface area contributed by atoms with E-state index in [4.69, 9.17) is 28.5 Å². The molecule has 5 heterocycles. The number of ketones is 1. The molecule has 456 valence electrons. The first-order valence-electron chi connectivity index (χ1n) is 29.1. The minimum Gasteiger partial charge on any atom is -0.491 e. The van der Waals surface area contributed by atoms with Crippen LogP contribution in [-0.2, 0) is 46.2 Å². The molecule has 0 radical (unpaired) electrons. The van der Waals surface area contributed by atoms with Gasteiger partial charge >= 0.3 is 11.2 Å². The van der Waals surface area contributed by atoms with Gasteiger partial charge in [-0.05, 0) is 79.6 Å². The molecule has 5 N–H and O–H groups in total. The third-order valence-electron chi connectivity index (χ3n) is 14.1. The number of fused-ring (bicyclic) bond motifs is 1. The summed E-state index contributed by atoms with van der Waals surface area (Å²) in [4.78, 5) is 61.3. The molecule has 3 aromatic heterocycles. The lowest BCUT2D eigenvalue weighted by Crippen LogP contribution is -2.49. The average Bonchev–Trinajstić information content (AvgIpc) is 4.43. The van der Waals surface area contributed by atoms with E-state index < -0.39 is 6.17 Å². The number of nitrogens with zero attached hydrogens (tertiary/aromatic N) is 6. The van der Waals surface area contributed by atoms with E-state index >= 15 is 0 Å². The van der Waals surface area contributed by atoms with Crippen LogP contribution in [0.3, 0.4) is 0 Å². The number of hydrogen-bond donors (Lipinski definition) is 4. The quantitative estimate of drug-likeness (QED) is 0.0243. The zero-order valence-electron chi connectivity index (χ0n) is 49.4. The maximum Gasteiger partial charge on any atom is 0.399 e. The normalized spacial score (nSPS) is 16.7. The Balaban J connectivity index is 0.000000237. The fourth-order valence-corrected chi connectivity index (χ4v) is 9.79. The number of halogens is 1. The summed E-state index contributed by atoms with van der Waals surface area (Å²) in [5.41, 5.74) is 12.1. The molecule has 2 saturated heterocycles. The van der Waals surface area contributed by atoms with Crippen molar-refractivity contribution >= 4 is 47.8 Å². The molecule has 2 aliphatic heterocycles. The van der Waals surface area contributed by atoms with E-state index in [0.717, 1.165) is 62.6 Å². The summed E-state index contributed by atoms with van der Waals surface area (Å²) in [5.74, 6) is 1.21. The minimum atomic E-state index is -0.844. The lowest BCUT2D eigenvalue weighted by molar-refractivity contribution is -0.293. The fourth-order valence-electron chi connectivity index (χ4n) is 9.31. The topological polar surface area (TPSA) is 249 Å². The van der Waals surface area contributed by atoms with Gasteiger partial charge in [0.25, 0.3) is 5.78 Å². The number of anilines is 1. The Hall–Kier alpha value is -6.61. The smallest absolute Gasteiger partial charge is 0.399 e. The molecule has 4 aliphatic rings. The highest BCUT2D eigenvalue weighted by Gasteiger charge is 2.35. The fraction of sp³-hybridized carbons (Fsp3) is 0.574. The van der Waals surface area contributed by atoms with Gasteiger partial charge in [-0.3, -0.25) is 33.8 Å². The summed E-state index contributed by atoms with van der Waals surface area (Å²) in [6, 6.07) is 17.9. The number of amides is 3. The number of H-pyrrole nitrogens is 1. The van der Waals surface area contributed by atoms with Crippen LogP contribution in [0.2, 0.25) is 0 Å². The molecular formula is C61H90FN10O10S+. The van der Waals surface area contributed by atoms with Crippen LogP contribution >= 0.6 is 11.3 Å². The van der Waals surface area contributed by atoms with Crippen molar-refractivity contribution in [3.05, 3.63) is 112 Å². The number of aromatic nitrogens is 5. The average molecular weight is 1170 g/mol. The van der Waals surface area contributed by atoms with Crippen molar-refractivity contribution in [2.24, 2.45) is 17.6 Å². The number of benzene rings is 2. The van der Waals surface area contributed by atoms with E-state index in [9.17, 15) is 23.6 Å². The second-order valence-electron chi connectivity index (χ2n) is 20.4. The first-order chi connectivity index (χ1) is 40.5. The highest BCUT2D eigenvalue weighted by molar-refractivity contribution is 7.06. The molecule has 2 aliphatic carbocycles. The summed E-state index contributed by atoms with van der Waals surface area (Å²) in [5, 5.41) is 18.9. The lowest BCUT2D eigenvalue weighted by Gasteiger charge is -2.41. The number of carbonyl (C=O) groups is 5. The molecule has 9 rings (SSSR count). The van der Waals surface area contributed by atoms with Crippen LogP contribution in [0.25, 0.3) is 0 Å². The number of hydrogen-bond acceptors (Lipinski definition) is 15. The number of nitrogens with two attached hydrogens (primary N) is 1. The number of primary amides is 1. The van der Waals surface area contributed by atoms with Gasteiger partial charge in [-0.25, -0.2) is 4.39 Å². The van der Waals surface area contributed by atoms with Crippen LogP contribution in [0.4, 0.5) is 10.1 Å². The number of rotatable bonds is 26. The number of ether oxygens (including phenoxy) is 5. The van der Waals surface area contributed by atoms with E-state index in [1.807, 2.05) is 68.1 Å². The summed E-state index contributed by atoms with van der Waals surface area (Å²) in [6.07, 6.45) is 18.8. The van der Waals surface area contributed by atoms with Crippen LogP contribution in [-0.4, -0.2) is 173 Å². The van der Waals surface area contributed by atoms with Gasteiger partial charge in [0, 0.05) is 87.7 Å². The molecule has 3 fully saturated rings. The number of carbonyl (C=O) groups excluding carboxylic acids is 5. The minimum absolute atomic E-state index is 0.0208. The molecule has 83 heavy (non-hydrogen) atoms. The summed E-state index contributed by atoms with van der Waals surface area (Å²) in [7, 11) is 3.78. The van der Waals surface area contributed by atoms with Crippen molar-refractivity contribution in [1.29, 1.82) is 0 Å². The third-order valence-corrected chi connectivity index (χ3v) is 14.6. The van der Waals surface area contributed by atoms with Crippen molar-refractivity contribution in [3.63, 3.8) is 0 Å². The Morgan fingerprint density at radius 2 is 1.48 bits per heavy atom. The Labute approximate surface area is 494 Å². The SMILES string of the molecule is C1CCCCC1.CC1Cc2[nH]nc(C=O)c2CC1F.CCCOCCOCCOCCOCCOc1cccc(C(=O)c2csc#[n+]2)c1.CNC(C)CC(=O)N1CCCC1.CNc1cnn(C(c2ccccc2)C2CN(C=O)C2)c1.NC=O. The third kappa shape index (κ3) is 25.8. The van der Waals surface area contributed by atoms with Crippen molar-refractivity contribution in [3.8, 4) is 5.75 Å². The number of aromatic amines is 1. The van der Waals surface area contributed by atoms with Gasteiger partial charge in [0.05, 0.1) is 64.2 Å². The Morgan fingerprint density at radius 1 is 0.867 bits per heavy atom. The molecule has 1 saturated carbocycles. The van der Waals surface area contributed by atoms with Crippen LogP contribution in [0, 0.1) is 17.3 Å².